The summed E-state index contributed by atoms with van der Waals surface area (Å²) in [6.45, 7) is 11.8. The Hall–Kier alpha value is -0.730. The van der Waals surface area contributed by atoms with Crippen molar-refractivity contribution in [1.82, 2.24) is 4.90 Å². The molecule has 0 saturated carbocycles. The average molecular weight is 257 g/mol. The summed E-state index contributed by atoms with van der Waals surface area (Å²) in [7, 11) is 0. The number of carbonyl (C=O) groups excluding carboxylic acids is 1. The van der Waals surface area contributed by atoms with Crippen molar-refractivity contribution in [2.45, 2.75) is 78.7 Å². The van der Waals surface area contributed by atoms with Crippen LogP contribution in [0.4, 0.5) is 4.79 Å². The molecular weight excluding hydrogens is 226 g/mol. The molecule has 0 aromatic rings. The number of amides is 1. The summed E-state index contributed by atoms with van der Waals surface area (Å²) in [5, 5.41) is 0. The van der Waals surface area contributed by atoms with Gasteiger partial charge >= 0.3 is 6.09 Å². The lowest BCUT2D eigenvalue weighted by Gasteiger charge is -2.40. The Morgan fingerprint density at radius 2 is 1.72 bits per heavy atom. The third-order valence-corrected chi connectivity index (χ3v) is 3.71. The normalized spacial score (nSPS) is 14.1. The molecule has 108 valence electrons. The first-order valence-corrected chi connectivity index (χ1v) is 7.50. The summed E-state index contributed by atoms with van der Waals surface area (Å²) < 4.78 is 5.22. The molecule has 0 rings (SSSR count). The zero-order valence-corrected chi connectivity index (χ0v) is 12.9. The fourth-order valence-electron chi connectivity index (χ4n) is 2.16. The van der Waals surface area contributed by atoms with E-state index in [1.54, 1.807) is 0 Å². The van der Waals surface area contributed by atoms with E-state index in [-0.39, 0.29) is 11.6 Å². The van der Waals surface area contributed by atoms with E-state index in [9.17, 15) is 4.79 Å². The van der Waals surface area contributed by atoms with E-state index in [4.69, 9.17) is 4.74 Å². The van der Waals surface area contributed by atoms with Gasteiger partial charge in [0.1, 0.15) is 0 Å². The number of rotatable bonds is 9. The molecule has 0 aliphatic rings. The molecule has 1 atom stereocenters. The van der Waals surface area contributed by atoms with Gasteiger partial charge in [-0.2, -0.15) is 0 Å². The number of hydrogen-bond donors (Lipinski definition) is 0. The zero-order chi connectivity index (χ0) is 14.0. The van der Waals surface area contributed by atoms with E-state index < -0.39 is 0 Å². The molecule has 1 amide bonds. The number of nitrogens with zero attached hydrogens (tertiary/aromatic N) is 1. The van der Waals surface area contributed by atoms with Gasteiger partial charge < -0.3 is 9.64 Å². The number of carbonyl (C=O) groups is 1. The van der Waals surface area contributed by atoms with Gasteiger partial charge in [-0.1, -0.05) is 40.0 Å². The Kier molecular flexibility index (Phi) is 8.86. The molecule has 3 nitrogen and oxygen atoms in total. The van der Waals surface area contributed by atoms with Crippen LogP contribution in [0.25, 0.3) is 0 Å². The van der Waals surface area contributed by atoms with Crippen LogP contribution in [0.1, 0.15) is 73.1 Å². The van der Waals surface area contributed by atoms with Gasteiger partial charge in [-0.15, -0.1) is 0 Å². The minimum atomic E-state index is -0.147. The molecule has 0 aliphatic carbocycles. The molecule has 0 fully saturated rings. The highest BCUT2D eigenvalue weighted by Gasteiger charge is 2.33. The maximum atomic E-state index is 12.1. The van der Waals surface area contributed by atoms with E-state index in [2.05, 4.69) is 27.7 Å². The van der Waals surface area contributed by atoms with Crippen molar-refractivity contribution in [2.24, 2.45) is 0 Å². The molecule has 0 aromatic heterocycles. The third-order valence-electron chi connectivity index (χ3n) is 3.71. The number of unbranched alkanes of at least 4 members (excludes halogenated alkanes) is 2. The van der Waals surface area contributed by atoms with Crippen molar-refractivity contribution in [2.75, 3.05) is 13.2 Å². The summed E-state index contributed by atoms with van der Waals surface area (Å²) in [5.74, 6) is 0. The monoisotopic (exact) mass is 257 g/mol. The van der Waals surface area contributed by atoms with Gasteiger partial charge in [-0.3, -0.25) is 0 Å². The second kappa shape index (κ2) is 9.23. The first kappa shape index (κ1) is 17.3. The molecule has 0 saturated heterocycles. The van der Waals surface area contributed by atoms with Crippen molar-refractivity contribution in [3.8, 4) is 0 Å². The van der Waals surface area contributed by atoms with Crippen LogP contribution in [0.5, 0.6) is 0 Å². The van der Waals surface area contributed by atoms with Crippen molar-refractivity contribution in [1.29, 1.82) is 0 Å². The molecule has 0 heterocycles. The summed E-state index contributed by atoms with van der Waals surface area (Å²) in [6, 6.07) is 0. The quantitative estimate of drug-likeness (QED) is 0.604. The summed E-state index contributed by atoms with van der Waals surface area (Å²) in [5.41, 5.74) is -0.0581. The van der Waals surface area contributed by atoms with Crippen LogP contribution in [-0.2, 0) is 4.74 Å². The van der Waals surface area contributed by atoms with Gasteiger partial charge in [0.25, 0.3) is 0 Å². The first-order chi connectivity index (χ1) is 8.55. The smallest absolute Gasteiger partial charge is 0.410 e. The molecule has 18 heavy (non-hydrogen) atoms. The fraction of sp³-hybridized carbons (Fsp3) is 0.933. The highest BCUT2D eigenvalue weighted by Crippen LogP contribution is 2.27. The van der Waals surface area contributed by atoms with Gasteiger partial charge in [0.2, 0.25) is 0 Å². The predicted molar refractivity (Wildman–Crippen MR) is 76.9 cm³/mol. The molecule has 0 aliphatic heterocycles. The van der Waals surface area contributed by atoms with Gasteiger partial charge in [0, 0.05) is 12.1 Å². The minimum Gasteiger partial charge on any atom is -0.450 e. The van der Waals surface area contributed by atoms with Crippen LogP contribution in [0, 0.1) is 0 Å². The van der Waals surface area contributed by atoms with E-state index in [0.717, 1.165) is 38.6 Å². The lowest BCUT2D eigenvalue weighted by Crippen LogP contribution is -2.50. The van der Waals surface area contributed by atoms with Gasteiger partial charge in [-0.05, 0) is 33.1 Å². The van der Waals surface area contributed by atoms with Crippen molar-refractivity contribution in [3.63, 3.8) is 0 Å². The molecule has 0 spiro atoms. The second-order valence-electron chi connectivity index (χ2n) is 5.16. The number of ether oxygens (including phenoxy) is 1. The topological polar surface area (TPSA) is 29.5 Å². The molecular formula is C15H31NO2. The van der Waals surface area contributed by atoms with Crippen LogP contribution in [0.2, 0.25) is 0 Å². The largest absolute Gasteiger partial charge is 0.450 e. The molecule has 0 bridgehead atoms. The van der Waals surface area contributed by atoms with Crippen molar-refractivity contribution >= 4 is 6.09 Å². The van der Waals surface area contributed by atoms with Crippen LogP contribution < -0.4 is 0 Å². The number of hydrogen-bond acceptors (Lipinski definition) is 2. The zero-order valence-electron chi connectivity index (χ0n) is 12.9. The van der Waals surface area contributed by atoms with E-state index >= 15 is 0 Å². The summed E-state index contributed by atoms with van der Waals surface area (Å²) >= 11 is 0. The van der Waals surface area contributed by atoms with Crippen molar-refractivity contribution < 1.29 is 9.53 Å². The highest BCUT2D eigenvalue weighted by molar-refractivity contribution is 5.68. The Labute approximate surface area is 113 Å². The Morgan fingerprint density at radius 1 is 1.11 bits per heavy atom. The average Bonchev–Trinajstić information content (AvgIpc) is 2.37. The fourth-order valence-corrected chi connectivity index (χ4v) is 2.16. The van der Waals surface area contributed by atoms with Crippen LogP contribution in [0.15, 0.2) is 0 Å². The molecule has 0 N–H and O–H groups in total. The maximum absolute atomic E-state index is 12.1. The Bertz CT molecular complexity index is 231. The molecule has 3 heteroatoms. The Morgan fingerprint density at radius 3 is 2.17 bits per heavy atom. The minimum absolute atomic E-state index is 0.0581. The van der Waals surface area contributed by atoms with Crippen LogP contribution in [0.3, 0.4) is 0 Å². The van der Waals surface area contributed by atoms with Crippen LogP contribution >= 0.6 is 0 Å². The lowest BCUT2D eigenvalue weighted by atomic mass is 9.90. The third kappa shape index (κ3) is 5.28. The predicted octanol–water partition coefficient (Wildman–Crippen LogP) is 4.60. The first-order valence-electron chi connectivity index (χ1n) is 7.50. The van der Waals surface area contributed by atoms with E-state index in [1.165, 1.54) is 6.42 Å². The van der Waals surface area contributed by atoms with Crippen LogP contribution in [-0.4, -0.2) is 29.7 Å². The molecule has 0 aromatic carbocycles. The standard InChI is InChI=1S/C15H31NO2/c1-6-10-12-15(5,8-3)16(13-11-7-2)14(17)18-9-4/h6-13H2,1-5H3. The molecule has 1 unspecified atom stereocenters. The lowest BCUT2D eigenvalue weighted by molar-refractivity contribution is 0.0505. The van der Waals surface area contributed by atoms with E-state index in [1.807, 2.05) is 11.8 Å². The molecule has 0 radical (unpaired) electrons. The van der Waals surface area contributed by atoms with Gasteiger partial charge in [-0.25, -0.2) is 4.79 Å². The SMILES string of the molecule is CCCCN(C(=O)OCC)C(C)(CC)CCCC. The summed E-state index contributed by atoms with van der Waals surface area (Å²) in [4.78, 5) is 14.1. The maximum Gasteiger partial charge on any atom is 0.410 e. The van der Waals surface area contributed by atoms with Gasteiger partial charge in [0.15, 0.2) is 0 Å². The van der Waals surface area contributed by atoms with Crippen molar-refractivity contribution in [3.05, 3.63) is 0 Å². The second-order valence-corrected chi connectivity index (χ2v) is 5.16. The summed E-state index contributed by atoms with van der Waals surface area (Å²) in [6.07, 6.45) is 6.36. The van der Waals surface area contributed by atoms with Gasteiger partial charge in [0.05, 0.1) is 6.61 Å². The highest BCUT2D eigenvalue weighted by atomic mass is 16.6. The van der Waals surface area contributed by atoms with E-state index in [0.29, 0.717) is 6.61 Å². The Balaban J connectivity index is 4.80.